The number of hydrogen-bond donors (Lipinski definition) is 1. The van der Waals surface area contributed by atoms with Crippen LogP contribution in [0.2, 0.25) is 0 Å². The molecule has 0 aromatic carbocycles. The number of ether oxygens (including phenoxy) is 3. The Labute approximate surface area is 179 Å². The molecule has 0 radical (unpaired) electrons. The molecule has 0 saturated heterocycles. The molecule has 1 aromatic heterocycles. The summed E-state index contributed by atoms with van der Waals surface area (Å²) in [5, 5.41) is 2.11. The van der Waals surface area contributed by atoms with Gasteiger partial charge in [-0.3, -0.25) is 19.5 Å². The van der Waals surface area contributed by atoms with Crippen LogP contribution in [0.25, 0.3) is 0 Å². The molecule has 1 N–H and O–H groups in total. The van der Waals surface area contributed by atoms with Crippen LogP contribution in [-0.4, -0.2) is 46.4 Å². The average molecular weight is 441 g/mol. The van der Waals surface area contributed by atoms with Crippen molar-refractivity contribution in [3.8, 4) is 0 Å². The molecule has 1 aromatic rings. The Hall–Kier alpha value is -2.98. The number of nitrogens with zero attached hydrogens (tertiary/aromatic N) is 2. The molecule has 31 heavy (non-hydrogen) atoms. The minimum absolute atomic E-state index is 0.143. The number of rotatable bonds is 7. The zero-order chi connectivity index (χ0) is 23.3. The van der Waals surface area contributed by atoms with E-state index in [4.69, 9.17) is 14.2 Å². The van der Waals surface area contributed by atoms with Crippen LogP contribution in [0.3, 0.4) is 0 Å². The monoisotopic (exact) mass is 441 g/mol. The summed E-state index contributed by atoms with van der Waals surface area (Å²) < 4.78 is 31.1. The lowest BCUT2D eigenvalue weighted by Crippen LogP contribution is -2.40. The van der Waals surface area contributed by atoms with Crippen molar-refractivity contribution in [2.45, 2.75) is 65.7 Å². The molecular formula is C20H28FN3O7. The number of aromatic nitrogens is 2. The number of amides is 1. The summed E-state index contributed by atoms with van der Waals surface area (Å²) in [4.78, 5) is 51.0. The Kier molecular flexibility index (Phi) is 8.12. The van der Waals surface area contributed by atoms with Crippen LogP contribution in [0.1, 0.15) is 53.5 Å². The average Bonchev–Trinajstić information content (AvgIpc) is 2.92. The third kappa shape index (κ3) is 6.50. The van der Waals surface area contributed by atoms with E-state index in [1.54, 1.807) is 6.92 Å². The summed E-state index contributed by atoms with van der Waals surface area (Å²) in [5.74, 6) is -2.68. The van der Waals surface area contributed by atoms with Crippen LogP contribution < -0.4 is 11.0 Å². The van der Waals surface area contributed by atoms with Crippen molar-refractivity contribution in [1.82, 2.24) is 9.55 Å². The van der Waals surface area contributed by atoms with Gasteiger partial charge in [0.2, 0.25) is 0 Å². The number of anilines is 1. The summed E-state index contributed by atoms with van der Waals surface area (Å²) >= 11 is 0. The second-order valence-electron chi connectivity index (χ2n) is 8.00. The Morgan fingerprint density at radius 1 is 1.23 bits per heavy atom. The largest absolute Gasteiger partial charge is 0.458 e. The molecule has 1 aliphatic rings. The topological polar surface area (TPSA) is 126 Å². The highest BCUT2D eigenvalue weighted by molar-refractivity contribution is 5.83. The molecule has 1 aliphatic carbocycles. The van der Waals surface area contributed by atoms with E-state index in [0.29, 0.717) is 12.3 Å². The number of halogens is 1. The quantitative estimate of drug-likeness (QED) is 0.505. The van der Waals surface area contributed by atoms with Gasteiger partial charge in [0.15, 0.2) is 17.7 Å². The molecule has 11 heteroatoms. The van der Waals surface area contributed by atoms with E-state index in [9.17, 15) is 23.6 Å². The smallest absolute Gasteiger partial charge is 0.412 e. The number of esters is 2. The highest BCUT2D eigenvalue weighted by Crippen LogP contribution is 2.38. The number of carbonyl (C=O) groups excluding carboxylic acids is 3. The fourth-order valence-electron chi connectivity index (χ4n) is 3.47. The first-order chi connectivity index (χ1) is 14.5. The van der Waals surface area contributed by atoms with Gasteiger partial charge in [0, 0.05) is 20.0 Å². The second-order valence-corrected chi connectivity index (χ2v) is 8.00. The lowest BCUT2D eigenvalue weighted by Gasteiger charge is -2.26. The normalized spacial score (nSPS) is 22.8. The third-order valence-corrected chi connectivity index (χ3v) is 4.89. The molecule has 0 unspecified atom stereocenters. The van der Waals surface area contributed by atoms with Gasteiger partial charge >= 0.3 is 23.7 Å². The van der Waals surface area contributed by atoms with E-state index < -0.39 is 53.6 Å². The second kappa shape index (κ2) is 10.4. The SMILES string of the molecule is CC(=O)O[C@@H]1[C@H](OC(C)=O)[C@@H](C)C[C@H]1n1cc(F)c(NC(=O)OCCC(C)C)nc1=O. The summed E-state index contributed by atoms with van der Waals surface area (Å²) in [6.07, 6.45) is -0.924. The van der Waals surface area contributed by atoms with Gasteiger partial charge in [-0.25, -0.2) is 14.0 Å². The highest BCUT2D eigenvalue weighted by atomic mass is 19.1. The van der Waals surface area contributed by atoms with E-state index in [-0.39, 0.29) is 18.9 Å². The van der Waals surface area contributed by atoms with E-state index in [1.165, 1.54) is 13.8 Å². The van der Waals surface area contributed by atoms with Crippen LogP contribution in [0.5, 0.6) is 0 Å². The predicted octanol–water partition coefficient (Wildman–Crippen LogP) is 2.42. The van der Waals surface area contributed by atoms with E-state index in [1.807, 2.05) is 13.8 Å². The molecule has 1 saturated carbocycles. The molecule has 0 bridgehead atoms. The minimum Gasteiger partial charge on any atom is -0.458 e. The lowest BCUT2D eigenvalue weighted by molar-refractivity contribution is -0.166. The summed E-state index contributed by atoms with van der Waals surface area (Å²) in [6.45, 7) is 8.23. The molecule has 1 heterocycles. The van der Waals surface area contributed by atoms with Crippen molar-refractivity contribution >= 4 is 23.8 Å². The van der Waals surface area contributed by atoms with Gasteiger partial charge < -0.3 is 14.2 Å². The zero-order valence-electron chi connectivity index (χ0n) is 18.2. The Morgan fingerprint density at radius 2 is 1.84 bits per heavy atom. The van der Waals surface area contributed by atoms with Crippen molar-refractivity contribution in [3.05, 3.63) is 22.5 Å². The maximum Gasteiger partial charge on any atom is 0.412 e. The van der Waals surface area contributed by atoms with Crippen LogP contribution in [0.4, 0.5) is 15.0 Å². The first-order valence-electron chi connectivity index (χ1n) is 10.1. The molecule has 10 nitrogen and oxygen atoms in total. The van der Waals surface area contributed by atoms with Crippen molar-refractivity contribution in [3.63, 3.8) is 0 Å². The molecule has 172 valence electrons. The molecular weight excluding hydrogens is 413 g/mol. The lowest BCUT2D eigenvalue weighted by atomic mass is 10.1. The van der Waals surface area contributed by atoms with Crippen molar-refractivity contribution in [1.29, 1.82) is 0 Å². The van der Waals surface area contributed by atoms with Gasteiger partial charge in [-0.1, -0.05) is 20.8 Å². The van der Waals surface area contributed by atoms with Gasteiger partial charge in [-0.15, -0.1) is 0 Å². The third-order valence-electron chi connectivity index (χ3n) is 4.89. The molecule has 0 spiro atoms. The van der Waals surface area contributed by atoms with E-state index in [0.717, 1.165) is 10.8 Å². The molecule has 2 rings (SSSR count). The van der Waals surface area contributed by atoms with Crippen LogP contribution in [0.15, 0.2) is 11.0 Å². The van der Waals surface area contributed by atoms with E-state index >= 15 is 0 Å². The van der Waals surface area contributed by atoms with Gasteiger partial charge in [0.05, 0.1) is 12.6 Å². The Balaban J connectivity index is 2.24. The van der Waals surface area contributed by atoms with Crippen LogP contribution in [-0.2, 0) is 23.8 Å². The molecule has 1 fully saturated rings. The van der Waals surface area contributed by atoms with Gasteiger partial charge in [-0.2, -0.15) is 4.98 Å². The maximum absolute atomic E-state index is 14.6. The zero-order valence-corrected chi connectivity index (χ0v) is 18.2. The molecule has 0 aliphatic heterocycles. The predicted molar refractivity (Wildman–Crippen MR) is 107 cm³/mol. The standard InChI is InChI=1S/C20H28FN3O7/c1-10(2)6-7-29-20(28)23-18-14(21)9-24(19(27)22-18)15-8-11(3)16(30-12(4)25)17(15)31-13(5)26/h9-11,15-17H,6-8H2,1-5H3,(H,22,23,27,28)/t11-,15+,16+,17-/m0/s1. The minimum atomic E-state index is -0.991. The van der Waals surface area contributed by atoms with Gasteiger partial charge in [-0.05, 0) is 24.7 Å². The summed E-state index contributed by atoms with van der Waals surface area (Å²) in [6, 6.07) is -0.801. The van der Waals surface area contributed by atoms with Crippen LogP contribution in [0, 0.1) is 17.7 Å². The van der Waals surface area contributed by atoms with Gasteiger partial charge in [0.1, 0.15) is 6.10 Å². The maximum atomic E-state index is 14.6. The van der Waals surface area contributed by atoms with Crippen molar-refractivity contribution in [2.75, 3.05) is 11.9 Å². The Bertz CT molecular complexity index is 886. The van der Waals surface area contributed by atoms with Crippen LogP contribution >= 0.6 is 0 Å². The van der Waals surface area contributed by atoms with Gasteiger partial charge in [0.25, 0.3) is 0 Å². The van der Waals surface area contributed by atoms with Crippen molar-refractivity contribution in [2.24, 2.45) is 11.8 Å². The summed E-state index contributed by atoms with van der Waals surface area (Å²) in [5.41, 5.74) is -0.864. The molecule has 1 amide bonds. The van der Waals surface area contributed by atoms with Crippen molar-refractivity contribution < 1.29 is 33.0 Å². The number of nitrogens with one attached hydrogen (secondary N) is 1. The van der Waals surface area contributed by atoms with E-state index in [2.05, 4.69) is 10.3 Å². The Morgan fingerprint density at radius 3 is 2.42 bits per heavy atom. The first-order valence-corrected chi connectivity index (χ1v) is 10.1. The fourth-order valence-corrected chi connectivity index (χ4v) is 3.47. The number of hydrogen-bond acceptors (Lipinski definition) is 8. The summed E-state index contributed by atoms with van der Waals surface area (Å²) in [7, 11) is 0. The fraction of sp³-hybridized carbons (Fsp3) is 0.650. The highest BCUT2D eigenvalue weighted by Gasteiger charge is 2.47. The number of carbonyl (C=O) groups is 3. The molecule has 4 atom stereocenters. The first kappa shape index (κ1) is 24.3.